The number of cyclic esters (lactones) is 2. The quantitative estimate of drug-likeness (QED) is 0.256. The Balaban J connectivity index is 1.74. The van der Waals surface area contributed by atoms with Gasteiger partial charge in [0, 0.05) is 41.9 Å². The van der Waals surface area contributed by atoms with E-state index in [1.165, 1.54) is 25.2 Å². The van der Waals surface area contributed by atoms with Crippen molar-refractivity contribution in [1.82, 2.24) is 5.32 Å². The summed E-state index contributed by atoms with van der Waals surface area (Å²) in [4.78, 5) is 51.0. The van der Waals surface area contributed by atoms with Crippen LogP contribution in [0, 0.1) is 22.7 Å². The molecule has 1 saturated carbocycles. The molecular formula is C30H41NO10. The summed E-state index contributed by atoms with van der Waals surface area (Å²) in [5.74, 6) is -3.58. The normalized spacial score (nSPS) is 40.3. The van der Waals surface area contributed by atoms with Crippen LogP contribution in [-0.2, 0) is 38.1 Å². The maximum absolute atomic E-state index is 13.6. The van der Waals surface area contributed by atoms with Crippen molar-refractivity contribution in [2.45, 2.75) is 83.8 Å². The summed E-state index contributed by atoms with van der Waals surface area (Å²) in [6, 6.07) is -1.13. The number of nitrogens with one attached hydrogen (secondary N) is 1. The van der Waals surface area contributed by atoms with Crippen LogP contribution in [0.5, 0.6) is 0 Å². The van der Waals surface area contributed by atoms with Gasteiger partial charge in [0.05, 0.1) is 18.8 Å². The lowest BCUT2D eigenvalue weighted by molar-refractivity contribution is -0.233. The second-order valence-corrected chi connectivity index (χ2v) is 11.9. The minimum absolute atomic E-state index is 0.0341. The van der Waals surface area contributed by atoms with Crippen molar-refractivity contribution in [2.75, 3.05) is 19.8 Å². The fraction of sp³-hybridized carbons (Fsp3) is 0.667. The summed E-state index contributed by atoms with van der Waals surface area (Å²) in [5, 5.41) is 22.9. The van der Waals surface area contributed by atoms with Crippen molar-refractivity contribution < 1.29 is 48.3 Å². The molecule has 0 aromatic rings. The van der Waals surface area contributed by atoms with Gasteiger partial charge in [-0.1, -0.05) is 37.6 Å². The molecule has 226 valence electrons. The molecule has 2 fully saturated rings. The van der Waals surface area contributed by atoms with Crippen LogP contribution in [0.3, 0.4) is 0 Å². The zero-order valence-electron chi connectivity index (χ0n) is 24.0. The minimum Gasteiger partial charge on any atom is -0.463 e. The molecule has 4 rings (SSSR count). The summed E-state index contributed by atoms with van der Waals surface area (Å²) < 4.78 is 23.7. The lowest BCUT2D eigenvalue weighted by atomic mass is 9.51. The molecule has 1 spiro atoms. The lowest BCUT2D eigenvalue weighted by Gasteiger charge is -2.58. The first-order chi connectivity index (χ1) is 19.4. The van der Waals surface area contributed by atoms with E-state index >= 15 is 0 Å². The van der Waals surface area contributed by atoms with Crippen molar-refractivity contribution >= 4 is 23.8 Å². The van der Waals surface area contributed by atoms with E-state index in [0.717, 1.165) is 11.6 Å². The molecule has 3 N–H and O–H groups in total. The van der Waals surface area contributed by atoms with Crippen molar-refractivity contribution in [1.29, 1.82) is 0 Å². The van der Waals surface area contributed by atoms with Crippen LogP contribution < -0.4 is 5.32 Å². The predicted molar refractivity (Wildman–Crippen MR) is 145 cm³/mol. The third kappa shape index (κ3) is 5.98. The first-order valence-corrected chi connectivity index (χ1v) is 14.2. The van der Waals surface area contributed by atoms with Crippen LogP contribution in [-0.4, -0.2) is 84.3 Å². The van der Waals surface area contributed by atoms with Crippen molar-refractivity contribution in [3.63, 3.8) is 0 Å². The number of fused-ring (bicyclic) bond motifs is 1. The molecule has 41 heavy (non-hydrogen) atoms. The summed E-state index contributed by atoms with van der Waals surface area (Å²) >= 11 is 0. The van der Waals surface area contributed by atoms with Gasteiger partial charge in [0.1, 0.15) is 24.9 Å². The number of aliphatic hydroxyl groups excluding tert-OH is 2. The SMILES string of the molecule is CC1=CC2O[C@@H]3C[C@H]4OC(=O)/C=C\C=C\C(=O)OCC[C@@H](C)[C@@H](NC(=O)[C@@H](C)O)C(=O)OC[C@@]2(CC1)[C@]4(C)[C@@H]3CO. The van der Waals surface area contributed by atoms with Gasteiger partial charge in [0.15, 0.2) is 0 Å². The Bertz CT molecular complexity index is 1130. The van der Waals surface area contributed by atoms with Gasteiger partial charge < -0.3 is 34.5 Å². The standard InChI is InChI=1S/C30H41NO10/c1-17-9-11-30-16-39-28(37)26(31-27(36)19(3)33)18(2)10-12-38-24(34)7-5-6-8-25(35)41-22-14-21(40-23(30)13-17)20(15-32)29(22,30)4/h5-8,13,18-23,26,32-33H,9-12,14-16H2,1-4H3,(H,31,36)/b7-5+,8-6-/t18-,19-,20-,21-,22-,23?,26-,29-,30-/m1/s1. The molecule has 2 heterocycles. The molecule has 2 aliphatic heterocycles. The summed E-state index contributed by atoms with van der Waals surface area (Å²) in [7, 11) is 0. The number of rotatable bonds is 3. The van der Waals surface area contributed by atoms with Crippen molar-refractivity contribution in [3.8, 4) is 0 Å². The summed E-state index contributed by atoms with van der Waals surface area (Å²) in [5.41, 5.74) is -0.517. The maximum atomic E-state index is 13.6. The highest BCUT2D eigenvalue weighted by atomic mass is 16.6. The zero-order valence-corrected chi connectivity index (χ0v) is 24.0. The van der Waals surface area contributed by atoms with Crippen LogP contribution >= 0.6 is 0 Å². The molecule has 11 nitrogen and oxygen atoms in total. The fourth-order valence-electron chi connectivity index (χ4n) is 6.88. The fourth-order valence-corrected chi connectivity index (χ4v) is 6.88. The van der Waals surface area contributed by atoms with Crippen molar-refractivity contribution in [2.24, 2.45) is 22.7 Å². The molecule has 0 aromatic heterocycles. The second kappa shape index (κ2) is 12.5. The van der Waals surface area contributed by atoms with Gasteiger partial charge in [-0.15, -0.1) is 0 Å². The maximum Gasteiger partial charge on any atom is 0.331 e. The Labute approximate surface area is 239 Å². The van der Waals surface area contributed by atoms with Gasteiger partial charge in [0.2, 0.25) is 5.91 Å². The number of amides is 1. The van der Waals surface area contributed by atoms with Crippen LogP contribution in [0.2, 0.25) is 0 Å². The highest BCUT2D eigenvalue weighted by molar-refractivity contribution is 5.87. The van der Waals surface area contributed by atoms with Gasteiger partial charge in [-0.25, -0.2) is 14.4 Å². The number of esters is 3. The van der Waals surface area contributed by atoms with Crippen molar-refractivity contribution in [3.05, 3.63) is 36.0 Å². The highest BCUT2D eigenvalue weighted by Gasteiger charge is 2.71. The highest BCUT2D eigenvalue weighted by Crippen LogP contribution is 2.65. The Kier molecular flexibility index (Phi) is 9.40. The molecular weight excluding hydrogens is 534 g/mol. The molecule has 0 aromatic carbocycles. The van der Waals surface area contributed by atoms with Gasteiger partial charge in [-0.05, 0) is 39.0 Å². The molecule has 2 aliphatic carbocycles. The average Bonchev–Trinajstić information content (AvgIpc) is 3.13. The molecule has 11 heteroatoms. The van der Waals surface area contributed by atoms with E-state index in [2.05, 4.69) is 5.32 Å². The first-order valence-electron chi connectivity index (χ1n) is 14.2. The van der Waals surface area contributed by atoms with Crippen LogP contribution in [0.4, 0.5) is 0 Å². The Morgan fingerprint density at radius 3 is 2.56 bits per heavy atom. The van der Waals surface area contributed by atoms with Gasteiger partial charge in [-0.2, -0.15) is 0 Å². The van der Waals surface area contributed by atoms with Gasteiger partial charge in [-0.3, -0.25) is 4.79 Å². The van der Waals surface area contributed by atoms with Gasteiger partial charge >= 0.3 is 17.9 Å². The van der Waals surface area contributed by atoms with Gasteiger partial charge in [0.25, 0.3) is 0 Å². The molecule has 1 saturated heterocycles. The Morgan fingerprint density at radius 1 is 1.17 bits per heavy atom. The van der Waals surface area contributed by atoms with Crippen LogP contribution in [0.25, 0.3) is 0 Å². The zero-order chi connectivity index (χ0) is 29.9. The number of ether oxygens (including phenoxy) is 4. The number of carbonyl (C=O) groups excluding carboxylic acids is 4. The van der Waals surface area contributed by atoms with E-state index in [0.29, 0.717) is 19.3 Å². The lowest BCUT2D eigenvalue weighted by Crippen LogP contribution is -2.64. The topological polar surface area (TPSA) is 158 Å². The first kappa shape index (κ1) is 30.9. The van der Waals surface area contributed by atoms with E-state index in [1.807, 2.05) is 19.9 Å². The van der Waals surface area contributed by atoms with E-state index in [4.69, 9.17) is 18.9 Å². The molecule has 0 radical (unpaired) electrons. The molecule has 4 aliphatic rings. The van der Waals surface area contributed by atoms with E-state index < -0.39 is 64.9 Å². The third-order valence-corrected chi connectivity index (χ3v) is 9.49. The van der Waals surface area contributed by atoms with Crippen LogP contribution in [0.15, 0.2) is 36.0 Å². The number of allylic oxidation sites excluding steroid dienone is 3. The summed E-state index contributed by atoms with van der Waals surface area (Å²) in [6.07, 6.45) is 6.23. The third-order valence-electron chi connectivity index (χ3n) is 9.49. The van der Waals surface area contributed by atoms with E-state index in [1.54, 1.807) is 6.92 Å². The number of carbonyl (C=O) groups is 4. The Morgan fingerprint density at radius 2 is 1.88 bits per heavy atom. The average molecular weight is 576 g/mol. The smallest absolute Gasteiger partial charge is 0.331 e. The van der Waals surface area contributed by atoms with E-state index in [9.17, 15) is 29.4 Å². The second-order valence-electron chi connectivity index (χ2n) is 11.9. The minimum atomic E-state index is -1.35. The number of hydrogen-bond donors (Lipinski definition) is 3. The number of hydrogen-bond acceptors (Lipinski definition) is 10. The number of aliphatic hydroxyl groups is 2. The largest absolute Gasteiger partial charge is 0.463 e. The Hall–Kier alpha value is -3.02. The molecule has 1 unspecified atom stereocenters. The van der Waals surface area contributed by atoms with E-state index in [-0.39, 0.29) is 38.3 Å². The van der Waals surface area contributed by atoms with Crippen LogP contribution in [0.1, 0.15) is 53.4 Å². The monoisotopic (exact) mass is 575 g/mol. The molecule has 2 bridgehead atoms. The molecule has 1 amide bonds. The molecule has 9 atom stereocenters. The summed E-state index contributed by atoms with van der Waals surface area (Å²) in [6.45, 7) is 6.65. The predicted octanol–water partition coefficient (Wildman–Crippen LogP) is 1.51.